The van der Waals surface area contributed by atoms with Crippen LogP contribution in [0.1, 0.15) is 50.2 Å². The largest absolute Gasteiger partial charge is 0.465 e. The Hall–Kier alpha value is -4.09. The Labute approximate surface area is 250 Å². The number of piperazine rings is 1. The average Bonchev–Trinajstić information content (AvgIpc) is 3.33. The molecule has 0 bridgehead atoms. The summed E-state index contributed by atoms with van der Waals surface area (Å²) in [5.74, 6) is 0.568. The molecule has 218 valence electrons. The van der Waals surface area contributed by atoms with Crippen molar-refractivity contribution in [1.29, 1.82) is 0 Å². The van der Waals surface area contributed by atoms with Crippen LogP contribution in [0, 0.1) is 0 Å². The summed E-state index contributed by atoms with van der Waals surface area (Å²) >= 11 is 0. The van der Waals surface area contributed by atoms with Crippen LogP contribution in [-0.4, -0.2) is 54.9 Å². The molecule has 2 N–H and O–H groups in total. The Morgan fingerprint density at radius 2 is 1.29 bits per heavy atom. The zero-order valence-corrected chi connectivity index (χ0v) is 24.9. The Kier molecular flexibility index (Phi) is 9.94. The maximum Gasteiger partial charge on any atom is 0.404 e. The van der Waals surface area contributed by atoms with Crippen molar-refractivity contribution in [3.8, 4) is 22.3 Å². The standard InChI is InChI=1S/C33H34N2.C4H9NO2/c1-2-10-26(11-3-1)27-17-19-28(20-18-27)35-24-22-34(23-25-35)21-9-8-16-33-31-14-6-4-12-29(31)30-13-5-7-15-32(30)33;1-3(2)5-4(6)7/h1-7,10-15,17-20,33H,8-9,16,21-25H2;3,5H,1-2H3,(H,6,7). The van der Waals surface area contributed by atoms with Gasteiger partial charge in [0.25, 0.3) is 0 Å². The number of fused-ring (bicyclic) bond motifs is 3. The van der Waals surface area contributed by atoms with Crippen LogP contribution in [0.4, 0.5) is 10.5 Å². The molecule has 0 unspecified atom stereocenters. The molecule has 4 aromatic rings. The maximum absolute atomic E-state index is 9.70. The predicted molar refractivity (Wildman–Crippen MR) is 174 cm³/mol. The van der Waals surface area contributed by atoms with Gasteiger partial charge in [0.05, 0.1) is 0 Å². The van der Waals surface area contributed by atoms with E-state index >= 15 is 0 Å². The summed E-state index contributed by atoms with van der Waals surface area (Å²) in [7, 11) is 0. The summed E-state index contributed by atoms with van der Waals surface area (Å²) in [6, 6.07) is 37.8. The van der Waals surface area contributed by atoms with E-state index in [0.29, 0.717) is 5.92 Å². The van der Waals surface area contributed by atoms with E-state index in [9.17, 15) is 4.79 Å². The monoisotopic (exact) mass is 561 g/mol. The molecule has 42 heavy (non-hydrogen) atoms. The van der Waals surface area contributed by atoms with Gasteiger partial charge < -0.3 is 15.3 Å². The molecule has 0 spiro atoms. The molecule has 0 aromatic heterocycles. The smallest absolute Gasteiger partial charge is 0.404 e. The van der Waals surface area contributed by atoms with E-state index in [1.54, 1.807) is 13.8 Å². The van der Waals surface area contributed by atoms with Gasteiger partial charge in [0.15, 0.2) is 0 Å². The molecule has 1 heterocycles. The lowest BCUT2D eigenvalue weighted by Crippen LogP contribution is -2.46. The van der Waals surface area contributed by atoms with E-state index in [-0.39, 0.29) is 6.04 Å². The van der Waals surface area contributed by atoms with Crippen LogP contribution in [0.25, 0.3) is 22.3 Å². The Bertz CT molecular complexity index is 1380. The van der Waals surface area contributed by atoms with Gasteiger partial charge in [0.1, 0.15) is 0 Å². The molecule has 2 aliphatic rings. The zero-order valence-electron chi connectivity index (χ0n) is 24.9. The number of rotatable bonds is 8. The molecule has 1 aliphatic carbocycles. The number of benzene rings is 4. The molecule has 1 aliphatic heterocycles. The number of amides is 1. The highest BCUT2D eigenvalue weighted by molar-refractivity contribution is 5.78. The van der Waals surface area contributed by atoms with Gasteiger partial charge in [0.2, 0.25) is 0 Å². The Balaban J connectivity index is 0.000000451. The number of unbranched alkanes of at least 4 members (excludes halogenated alkanes) is 1. The van der Waals surface area contributed by atoms with Gasteiger partial charge in [-0.05, 0) is 78.7 Å². The molecule has 5 nitrogen and oxygen atoms in total. The molecular formula is C37H43N3O2. The minimum atomic E-state index is -0.963. The lowest BCUT2D eigenvalue weighted by molar-refractivity contribution is 0.191. The van der Waals surface area contributed by atoms with Gasteiger partial charge in [0, 0.05) is 43.8 Å². The van der Waals surface area contributed by atoms with Gasteiger partial charge in [-0.25, -0.2) is 4.79 Å². The first kappa shape index (κ1) is 29.4. The third-order valence-corrected chi connectivity index (χ3v) is 8.30. The fourth-order valence-corrected chi connectivity index (χ4v) is 6.23. The molecule has 4 aromatic carbocycles. The van der Waals surface area contributed by atoms with Gasteiger partial charge >= 0.3 is 6.09 Å². The minimum absolute atomic E-state index is 0.0255. The van der Waals surface area contributed by atoms with Gasteiger partial charge in [-0.15, -0.1) is 0 Å². The molecular weight excluding hydrogens is 518 g/mol. The van der Waals surface area contributed by atoms with Crippen LogP contribution >= 0.6 is 0 Å². The van der Waals surface area contributed by atoms with E-state index < -0.39 is 6.09 Å². The number of hydrogen-bond donors (Lipinski definition) is 2. The number of hydrogen-bond acceptors (Lipinski definition) is 3. The Morgan fingerprint density at radius 3 is 1.83 bits per heavy atom. The first-order chi connectivity index (χ1) is 20.5. The van der Waals surface area contributed by atoms with E-state index in [1.807, 2.05) is 0 Å². The van der Waals surface area contributed by atoms with Crippen molar-refractivity contribution in [2.45, 2.75) is 45.1 Å². The maximum atomic E-state index is 9.70. The first-order valence-electron chi connectivity index (χ1n) is 15.3. The van der Waals surface area contributed by atoms with E-state index in [1.165, 1.54) is 64.9 Å². The lowest BCUT2D eigenvalue weighted by Gasteiger charge is -2.36. The SMILES string of the molecule is CC(C)NC(=O)O.c1ccc(-c2ccc(N3CCN(CCCCC4c5ccccc5-c5ccccc54)CC3)cc2)cc1. The van der Waals surface area contributed by atoms with Gasteiger partial charge in [-0.1, -0.05) is 97.4 Å². The van der Waals surface area contributed by atoms with Crippen molar-refractivity contribution in [3.05, 3.63) is 114 Å². The molecule has 0 saturated carbocycles. The van der Waals surface area contributed by atoms with E-state index in [2.05, 4.69) is 118 Å². The highest BCUT2D eigenvalue weighted by Gasteiger charge is 2.27. The first-order valence-corrected chi connectivity index (χ1v) is 15.3. The third kappa shape index (κ3) is 7.40. The highest BCUT2D eigenvalue weighted by atomic mass is 16.4. The van der Waals surface area contributed by atoms with Crippen LogP contribution < -0.4 is 10.2 Å². The Morgan fingerprint density at radius 1 is 0.738 bits per heavy atom. The van der Waals surface area contributed by atoms with Crippen molar-refractivity contribution in [1.82, 2.24) is 10.2 Å². The number of carbonyl (C=O) groups is 1. The number of anilines is 1. The van der Waals surface area contributed by atoms with Crippen LogP contribution in [0.3, 0.4) is 0 Å². The molecule has 1 saturated heterocycles. The van der Waals surface area contributed by atoms with Crippen molar-refractivity contribution in [3.63, 3.8) is 0 Å². The van der Waals surface area contributed by atoms with Crippen LogP contribution in [0.2, 0.25) is 0 Å². The molecule has 1 amide bonds. The van der Waals surface area contributed by atoms with Gasteiger partial charge in [-0.2, -0.15) is 0 Å². The number of carboxylic acid groups (broad SMARTS) is 1. The van der Waals surface area contributed by atoms with Crippen molar-refractivity contribution >= 4 is 11.8 Å². The fraction of sp³-hybridized carbons (Fsp3) is 0.324. The lowest BCUT2D eigenvalue weighted by atomic mass is 9.91. The van der Waals surface area contributed by atoms with Crippen LogP contribution in [0.15, 0.2) is 103 Å². The summed E-state index contributed by atoms with van der Waals surface area (Å²) in [5, 5.41) is 10.2. The second kappa shape index (κ2) is 14.2. The zero-order chi connectivity index (χ0) is 29.3. The topological polar surface area (TPSA) is 55.8 Å². The minimum Gasteiger partial charge on any atom is -0.465 e. The molecule has 0 radical (unpaired) electrons. The summed E-state index contributed by atoms with van der Waals surface area (Å²) in [5.41, 5.74) is 9.88. The second-order valence-electron chi connectivity index (χ2n) is 11.6. The molecule has 5 heteroatoms. The number of nitrogens with zero attached hydrogens (tertiary/aromatic N) is 2. The predicted octanol–water partition coefficient (Wildman–Crippen LogP) is 8.12. The summed E-state index contributed by atoms with van der Waals surface area (Å²) in [4.78, 5) is 14.9. The molecule has 6 rings (SSSR count). The van der Waals surface area contributed by atoms with Crippen molar-refractivity contribution < 1.29 is 9.90 Å². The number of nitrogens with one attached hydrogen (secondary N) is 1. The highest BCUT2D eigenvalue weighted by Crippen LogP contribution is 2.46. The van der Waals surface area contributed by atoms with E-state index in [0.717, 1.165) is 26.2 Å². The van der Waals surface area contributed by atoms with Crippen LogP contribution in [0.5, 0.6) is 0 Å². The summed E-state index contributed by atoms with van der Waals surface area (Å²) < 4.78 is 0. The van der Waals surface area contributed by atoms with Crippen molar-refractivity contribution in [2.75, 3.05) is 37.6 Å². The molecule has 0 atom stereocenters. The normalized spacial score (nSPS) is 14.6. The summed E-state index contributed by atoms with van der Waals surface area (Å²) in [6.07, 6.45) is 2.86. The molecule has 1 fully saturated rings. The summed E-state index contributed by atoms with van der Waals surface area (Å²) in [6.45, 7) is 9.33. The van der Waals surface area contributed by atoms with E-state index in [4.69, 9.17) is 5.11 Å². The fourth-order valence-electron chi connectivity index (χ4n) is 6.23. The second-order valence-corrected chi connectivity index (χ2v) is 11.6. The van der Waals surface area contributed by atoms with Gasteiger partial charge in [-0.3, -0.25) is 4.90 Å². The van der Waals surface area contributed by atoms with Crippen molar-refractivity contribution in [2.24, 2.45) is 0 Å². The third-order valence-electron chi connectivity index (χ3n) is 8.30. The average molecular weight is 562 g/mol. The quantitative estimate of drug-likeness (QED) is 0.213. The van der Waals surface area contributed by atoms with Crippen LogP contribution in [-0.2, 0) is 0 Å².